The number of alkyl carbamates (subject to hydrolysis) is 1. The quantitative estimate of drug-likeness (QED) is 0.109. The van der Waals surface area contributed by atoms with Gasteiger partial charge in [-0.25, -0.2) is 14.4 Å². The molecule has 1 aliphatic rings. The van der Waals surface area contributed by atoms with Crippen LogP contribution in [0.3, 0.4) is 0 Å². The van der Waals surface area contributed by atoms with Gasteiger partial charge in [-0.15, -0.1) is 0 Å². The van der Waals surface area contributed by atoms with Crippen LogP contribution in [0.2, 0.25) is 0 Å². The van der Waals surface area contributed by atoms with E-state index in [2.05, 4.69) is 10.6 Å². The maximum absolute atomic E-state index is 12.6. The molecule has 230 valence electrons. The Hall–Kier alpha value is -5.91. The smallest absolute Gasteiger partial charge is 0.412 e. The van der Waals surface area contributed by atoms with Gasteiger partial charge in [0.05, 0.1) is 11.5 Å². The zero-order chi connectivity index (χ0) is 31.8. The fraction of sp³-hybridized carbons (Fsp3) is 0.182. The average Bonchev–Trinajstić information content (AvgIpc) is 3.36. The number of carbonyl (C=O) groups excluding carboxylic acids is 2. The lowest BCUT2D eigenvalue weighted by Crippen LogP contribution is -2.42. The van der Waals surface area contributed by atoms with Crippen molar-refractivity contribution in [2.75, 3.05) is 19.8 Å². The summed E-state index contributed by atoms with van der Waals surface area (Å²) in [7, 11) is 0. The number of benzene rings is 4. The zero-order valence-corrected chi connectivity index (χ0v) is 23.9. The molecule has 0 saturated carbocycles. The molecule has 1 aliphatic carbocycles. The number of nitrogens with one attached hydrogen (secondary N) is 2. The Morgan fingerprint density at radius 3 is 2.02 bits per heavy atom. The molecular formula is C33H29N3O9. The number of nitro benzene ring substituents is 1. The minimum Gasteiger partial charge on any atom is -0.492 e. The molecule has 1 atom stereocenters. The van der Waals surface area contributed by atoms with Gasteiger partial charge in [-0.2, -0.15) is 0 Å². The fourth-order valence-electron chi connectivity index (χ4n) is 5.04. The lowest BCUT2D eigenvalue weighted by Gasteiger charge is -2.17. The summed E-state index contributed by atoms with van der Waals surface area (Å²) in [6.07, 6.45) is -1.54. The lowest BCUT2D eigenvalue weighted by molar-refractivity contribution is -0.384. The van der Waals surface area contributed by atoms with E-state index < -0.39 is 29.1 Å². The molecule has 45 heavy (non-hydrogen) atoms. The molecule has 0 bridgehead atoms. The number of rotatable bonds is 12. The number of nitro groups is 1. The predicted molar refractivity (Wildman–Crippen MR) is 162 cm³/mol. The third-order valence-corrected chi connectivity index (χ3v) is 7.20. The van der Waals surface area contributed by atoms with E-state index in [0.29, 0.717) is 11.3 Å². The first kappa shape index (κ1) is 30.5. The molecular weight excluding hydrogens is 582 g/mol. The Morgan fingerprint density at radius 1 is 0.822 bits per heavy atom. The number of nitrogens with zero attached hydrogens (tertiary/aromatic N) is 1. The molecule has 12 heteroatoms. The molecule has 4 aromatic carbocycles. The summed E-state index contributed by atoms with van der Waals surface area (Å²) in [5, 5.41) is 25.4. The number of aliphatic carboxylic acids is 1. The van der Waals surface area contributed by atoms with Crippen LogP contribution < -0.4 is 20.1 Å². The second kappa shape index (κ2) is 14.0. The van der Waals surface area contributed by atoms with Gasteiger partial charge in [0.2, 0.25) is 0 Å². The highest BCUT2D eigenvalue weighted by molar-refractivity contribution is 5.81. The van der Waals surface area contributed by atoms with Crippen LogP contribution in [0.15, 0.2) is 97.1 Å². The number of fused-ring (bicyclic) bond motifs is 3. The SMILES string of the molecule is O=C(NC(Cc1ccc(OCCNC(=O)Oc2ccc([N+](=O)[O-])cc2)cc1)C(=O)O)OCC1c2ccccc2-c2ccccc21. The summed E-state index contributed by atoms with van der Waals surface area (Å²) in [6, 6.07) is 26.4. The van der Waals surface area contributed by atoms with E-state index in [9.17, 15) is 29.6 Å². The van der Waals surface area contributed by atoms with Crippen LogP contribution in [0.1, 0.15) is 22.6 Å². The molecule has 12 nitrogen and oxygen atoms in total. The van der Waals surface area contributed by atoms with Gasteiger partial charge < -0.3 is 30.0 Å². The van der Waals surface area contributed by atoms with Crippen LogP contribution >= 0.6 is 0 Å². The Kier molecular flexibility index (Phi) is 9.53. The molecule has 5 rings (SSSR count). The number of ether oxygens (including phenoxy) is 3. The molecule has 3 N–H and O–H groups in total. The van der Waals surface area contributed by atoms with Gasteiger partial charge in [0.1, 0.15) is 30.8 Å². The van der Waals surface area contributed by atoms with E-state index in [4.69, 9.17) is 14.2 Å². The monoisotopic (exact) mass is 611 g/mol. The van der Waals surface area contributed by atoms with Gasteiger partial charge in [-0.3, -0.25) is 10.1 Å². The molecule has 0 aliphatic heterocycles. The molecule has 0 aromatic heterocycles. The number of carbonyl (C=O) groups is 3. The van der Waals surface area contributed by atoms with Gasteiger partial charge in [-0.05, 0) is 52.1 Å². The summed E-state index contributed by atoms with van der Waals surface area (Å²) in [4.78, 5) is 46.6. The number of hydrogen-bond acceptors (Lipinski definition) is 8. The summed E-state index contributed by atoms with van der Waals surface area (Å²) in [5.41, 5.74) is 4.84. The minimum atomic E-state index is -1.21. The van der Waals surface area contributed by atoms with E-state index in [1.807, 2.05) is 48.5 Å². The number of non-ortho nitro benzene ring substituents is 1. The van der Waals surface area contributed by atoms with Crippen molar-refractivity contribution in [3.63, 3.8) is 0 Å². The highest BCUT2D eigenvalue weighted by Gasteiger charge is 2.29. The van der Waals surface area contributed by atoms with Crippen molar-refractivity contribution in [2.45, 2.75) is 18.4 Å². The van der Waals surface area contributed by atoms with E-state index in [1.54, 1.807) is 24.3 Å². The second-order valence-corrected chi connectivity index (χ2v) is 10.1. The van der Waals surface area contributed by atoms with Crippen molar-refractivity contribution < 1.29 is 38.6 Å². The predicted octanol–water partition coefficient (Wildman–Crippen LogP) is 5.30. The van der Waals surface area contributed by atoms with Gasteiger partial charge >= 0.3 is 18.2 Å². The Morgan fingerprint density at radius 2 is 1.42 bits per heavy atom. The molecule has 0 spiro atoms. The summed E-state index contributed by atoms with van der Waals surface area (Å²) in [6.45, 7) is 0.316. The number of carboxylic acids is 1. The maximum Gasteiger partial charge on any atom is 0.412 e. The highest BCUT2D eigenvalue weighted by Crippen LogP contribution is 2.44. The molecule has 1 unspecified atom stereocenters. The number of hydrogen-bond donors (Lipinski definition) is 3. The van der Waals surface area contributed by atoms with E-state index >= 15 is 0 Å². The van der Waals surface area contributed by atoms with Crippen LogP contribution in [0.5, 0.6) is 11.5 Å². The average molecular weight is 612 g/mol. The maximum atomic E-state index is 12.6. The van der Waals surface area contributed by atoms with E-state index in [-0.39, 0.29) is 43.5 Å². The van der Waals surface area contributed by atoms with Crippen molar-refractivity contribution >= 4 is 23.8 Å². The highest BCUT2D eigenvalue weighted by atomic mass is 16.6. The Labute approximate surface area is 257 Å². The van der Waals surface area contributed by atoms with Crippen molar-refractivity contribution in [3.05, 3.63) is 124 Å². The van der Waals surface area contributed by atoms with Crippen LogP contribution in [0.25, 0.3) is 11.1 Å². The largest absolute Gasteiger partial charge is 0.492 e. The van der Waals surface area contributed by atoms with Gasteiger partial charge in [0.15, 0.2) is 0 Å². The normalized spacial score (nSPS) is 12.3. The third-order valence-electron chi connectivity index (χ3n) is 7.20. The van der Waals surface area contributed by atoms with Crippen molar-refractivity contribution in [3.8, 4) is 22.6 Å². The van der Waals surface area contributed by atoms with Gasteiger partial charge in [-0.1, -0.05) is 60.7 Å². The van der Waals surface area contributed by atoms with Crippen LogP contribution in [0.4, 0.5) is 15.3 Å². The standard InChI is InChI=1S/C33H29N3O9/c37-31(38)30(35-33(40)44-20-29-27-7-3-1-5-25(27)26-6-2-4-8-28(26)29)19-21-9-13-23(14-10-21)43-18-17-34-32(39)45-24-15-11-22(12-16-24)36(41)42/h1-16,29-30H,17-20H2,(H,34,39)(H,35,40)(H,37,38). The summed E-state index contributed by atoms with van der Waals surface area (Å²) >= 11 is 0. The Bertz CT molecular complexity index is 1650. The van der Waals surface area contributed by atoms with E-state index in [1.165, 1.54) is 24.3 Å². The number of amides is 2. The summed E-state index contributed by atoms with van der Waals surface area (Å²) < 4.78 is 16.2. The zero-order valence-electron chi connectivity index (χ0n) is 23.9. The Balaban J connectivity index is 1.06. The van der Waals surface area contributed by atoms with Crippen LogP contribution in [-0.2, 0) is 16.0 Å². The first-order valence-corrected chi connectivity index (χ1v) is 14.0. The second-order valence-electron chi connectivity index (χ2n) is 10.1. The fourth-order valence-corrected chi connectivity index (χ4v) is 5.04. The summed E-state index contributed by atoms with van der Waals surface area (Å²) in [5.74, 6) is -0.701. The first-order chi connectivity index (χ1) is 21.8. The number of carboxylic acid groups (broad SMARTS) is 1. The molecule has 0 saturated heterocycles. The van der Waals surface area contributed by atoms with E-state index in [0.717, 1.165) is 22.3 Å². The van der Waals surface area contributed by atoms with Gasteiger partial charge in [0, 0.05) is 24.5 Å². The van der Waals surface area contributed by atoms with Crippen molar-refractivity contribution in [2.24, 2.45) is 0 Å². The first-order valence-electron chi connectivity index (χ1n) is 14.0. The molecule has 0 heterocycles. The van der Waals surface area contributed by atoms with Crippen molar-refractivity contribution in [1.29, 1.82) is 0 Å². The van der Waals surface area contributed by atoms with Crippen LogP contribution in [0, 0.1) is 10.1 Å². The van der Waals surface area contributed by atoms with Gasteiger partial charge in [0.25, 0.3) is 5.69 Å². The lowest BCUT2D eigenvalue weighted by atomic mass is 9.98. The van der Waals surface area contributed by atoms with Crippen molar-refractivity contribution in [1.82, 2.24) is 10.6 Å². The third kappa shape index (κ3) is 7.73. The minimum absolute atomic E-state index is 0.0237. The molecule has 0 radical (unpaired) electrons. The molecule has 0 fully saturated rings. The topological polar surface area (TPSA) is 166 Å². The molecule has 4 aromatic rings. The molecule has 2 amide bonds. The van der Waals surface area contributed by atoms with Crippen LogP contribution in [-0.4, -0.2) is 54.0 Å².